The summed E-state index contributed by atoms with van der Waals surface area (Å²) in [6, 6.07) is 6.30. The molecule has 7 heteroatoms. The van der Waals surface area contributed by atoms with Crippen LogP contribution >= 0.6 is 0 Å². The van der Waals surface area contributed by atoms with Gasteiger partial charge in [-0.1, -0.05) is 6.07 Å². The molecular formula is C14H10F5NO. The van der Waals surface area contributed by atoms with E-state index in [1.54, 1.807) is 0 Å². The SMILES string of the molecule is NCc1cc(-c2cc(F)ccc2F)ccc1OC(F)(F)F. The molecule has 0 amide bonds. The fraction of sp³-hybridized carbons (Fsp3) is 0.143. The normalized spacial score (nSPS) is 11.5. The predicted octanol–water partition coefficient (Wildman–Crippen LogP) is 3.99. The maximum atomic E-state index is 13.7. The van der Waals surface area contributed by atoms with Gasteiger partial charge in [0.05, 0.1) is 0 Å². The third kappa shape index (κ3) is 3.69. The van der Waals surface area contributed by atoms with E-state index in [-0.39, 0.29) is 23.2 Å². The van der Waals surface area contributed by atoms with Crippen LogP contribution < -0.4 is 10.5 Å². The zero-order chi connectivity index (χ0) is 15.6. The van der Waals surface area contributed by atoms with Crippen LogP contribution in [0.15, 0.2) is 36.4 Å². The Morgan fingerprint density at radius 2 is 1.71 bits per heavy atom. The lowest BCUT2D eigenvalue weighted by Gasteiger charge is -2.14. The first-order chi connectivity index (χ1) is 9.80. The lowest BCUT2D eigenvalue weighted by molar-refractivity contribution is -0.274. The van der Waals surface area contributed by atoms with Gasteiger partial charge in [0.2, 0.25) is 0 Å². The third-order valence-corrected chi connectivity index (χ3v) is 2.75. The number of hydrogen-bond acceptors (Lipinski definition) is 2. The molecule has 0 fully saturated rings. The molecule has 0 saturated carbocycles. The number of hydrogen-bond donors (Lipinski definition) is 1. The van der Waals surface area contributed by atoms with Crippen molar-refractivity contribution in [3.63, 3.8) is 0 Å². The molecule has 0 aromatic heterocycles. The van der Waals surface area contributed by atoms with Crippen molar-refractivity contribution in [1.82, 2.24) is 0 Å². The molecule has 0 atom stereocenters. The summed E-state index contributed by atoms with van der Waals surface area (Å²) in [5.41, 5.74) is 5.55. The maximum absolute atomic E-state index is 13.7. The summed E-state index contributed by atoms with van der Waals surface area (Å²) in [5.74, 6) is -1.81. The number of benzene rings is 2. The van der Waals surface area contributed by atoms with Crippen molar-refractivity contribution in [2.45, 2.75) is 12.9 Å². The number of nitrogens with two attached hydrogens (primary N) is 1. The molecule has 0 saturated heterocycles. The third-order valence-electron chi connectivity index (χ3n) is 2.75. The monoisotopic (exact) mass is 303 g/mol. The molecule has 21 heavy (non-hydrogen) atoms. The first-order valence-electron chi connectivity index (χ1n) is 5.84. The van der Waals surface area contributed by atoms with E-state index in [9.17, 15) is 22.0 Å². The second-order valence-electron chi connectivity index (χ2n) is 4.20. The van der Waals surface area contributed by atoms with Crippen LogP contribution in [0.25, 0.3) is 11.1 Å². The first kappa shape index (κ1) is 15.2. The maximum Gasteiger partial charge on any atom is 0.573 e. The minimum absolute atomic E-state index is 0.0356. The number of alkyl halides is 3. The molecule has 0 aliphatic rings. The van der Waals surface area contributed by atoms with Gasteiger partial charge >= 0.3 is 6.36 Å². The molecule has 2 N–H and O–H groups in total. The van der Waals surface area contributed by atoms with E-state index in [4.69, 9.17) is 5.73 Å². The molecule has 0 spiro atoms. The number of halogens is 5. The Morgan fingerprint density at radius 1 is 1.00 bits per heavy atom. The molecule has 0 heterocycles. The van der Waals surface area contributed by atoms with E-state index in [1.807, 2.05) is 0 Å². The van der Waals surface area contributed by atoms with Crippen LogP contribution in [0.5, 0.6) is 5.75 Å². The Balaban J connectivity index is 2.46. The van der Waals surface area contributed by atoms with Crippen LogP contribution in [-0.2, 0) is 6.54 Å². The van der Waals surface area contributed by atoms with Gasteiger partial charge in [-0.2, -0.15) is 0 Å². The lowest BCUT2D eigenvalue weighted by Crippen LogP contribution is -2.18. The molecule has 0 aliphatic heterocycles. The first-order valence-corrected chi connectivity index (χ1v) is 5.84. The van der Waals surface area contributed by atoms with Crippen LogP contribution in [0.4, 0.5) is 22.0 Å². The molecule has 0 aliphatic carbocycles. The Kier molecular flexibility index (Phi) is 4.13. The molecule has 2 aromatic carbocycles. The fourth-order valence-corrected chi connectivity index (χ4v) is 1.85. The molecular weight excluding hydrogens is 293 g/mol. The average molecular weight is 303 g/mol. The van der Waals surface area contributed by atoms with E-state index in [1.165, 1.54) is 12.1 Å². The lowest BCUT2D eigenvalue weighted by atomic mass is 10.0. The largest absolute Gasteiger partial charge is 0.573 e. The summed E-state index contributed by atoms with van der Waals surface area (Å²) >= 11 is 0. The second-order valence-corrected chi connectivity index (χ2v) is 4.20. The number of ether oxygens (including phenoxy) is 1. The van der Waals surface area contributed by atoms with E-state index in [0.29, 0.717) is 0 Å². The van der Waals surface area contributed by atoms with E-state index in [2.05, 4.69) is 4.74 Å². The summed E-state index contributed by atoms with van der Waals surface area (Å²) in [7, 11) is 0. The molecule has 0 bridgehead atoms. The zero-order valence-electron chi connectivity index (χ0n) is 10.5. The van der Waals surface area contributed by atoms with Crippen LogP contribution in [0.2, 0.25) is 0 Å². The van der Waals surface area contributed by atoms with Crippen molar-refractivity contribution in [1.29, 1.82) is 0 Å². The highest BCUT2D eigenvalue weighted by molar-refractivity contribution is 5.66. The average Bonchev–Trinajstić information content (AvgIpc) is 2.40. The molecule has 2 nitrogen and oxygen atoms in total. The van der Waals surface area contributed by atoms with Gasteiger partial charge in [-0.25, -0.2) is 8.78 Å². The summed E-state index contributed by atoms with van der Waals surface area (Å²) in [6.45, 7) is -0.240. The van der Waals surface area contributed by atoms with Gasteiger partial charge < -0.3 is 10.5 Å². The van der Waals surface area contributed by atoms with Crippen LogP contribution in [0.1, 0.15) is 5.56 Å². The van der Waals surface area contributed by atoms with Crippen molar-refractivity contribution in [2.75, 3.05) is 0 Å². The summed E-state index contributed by atoms with van der Waals surface area (Å²) < 4.78 is 67.3. The van der Waals surface area contributed by atoms with Gasteiger partial charge in [-0.15, -0.1) is 13.2 Å². The summed E-state index contributed by atoms with van der Waals surface area (Å²) in [4.78, 5) is 0. The highest BCUT2D eigenvalue weighted by Gasteiger charge is 2.32. The van der Waals surface area contributed by atoms with Crippen LogP contribution in [-0.4, -0.2) is 6.36 Å². The van der Waals surface area contributed by atoms with Gasteiger partial charge in [-0.05, 0) is 35.9 Å². The highest BCUT2D eigenvalue weighted by atomic mass is 19.4. The number of rotatable bonds is 3. The minimum atomic E-state index is -4.85. The van der Waals surface area contributed by atoms with Crippen LogP contribution in [0.3, 0.4) is 0 Å². The van der Waals surface area contributed by atoms with E-state index < -0.39 is 23.7 Å². The van der Waals surface area contributed by atoms with Gasteiger partial charge in [0.25, 0.3) is 0 Å². The smallest absolute Gasteiger partial charge is 0.405 e. The van der Waals surface area contributed by atoms with Crippen molar-refractivity contribution >= 4 is 0 Å². The fourth-order valence-electron chi connectivity index (χ4n) is 1.85. The zero-order valence-corrected chi connectivity index (χ0v) is 10.5. The van der Waals surface area contributed by atoms with Crippen molar-refractivity contribution in [3.8, 4) is 16.9 Å². The van der Waals surface area contributed by atoms with Gasteiger partial charge in [-0.3, -0.25) is 0 Å². The predicted molar refractivity (Wildman–Crippen MR) is 66.4 cm³/mol. The van der Waals surface area contributed by atoms with E-state index in [0.717, 1.165) is 24.3 Å². The van der Waals surface area contributed by atoms with Crippen molar-refractivity contribution < 1.29 is 26.7 Å². The Labute approximate surface area is 116 Å². The second kappa shape index (κ2) is 5.69. The molecule has 112 valence electrons. The van der Waals surface area contributed by atoms with Gasteiger partial charge in [0.15, 0.2) is 0 Å². The molecule has 2 rings (SSSR count). The van der Waals surface area contributed by atoms with Crippen molar-refractivity contribution in [3.05, 3.63) is 53.6 Å². The quantitative estimate of drug-likeness (QED) is 0.870. The van der Waals surface area contributed by atoms with Crippen LogP contribution in [0, 0.1) is 11.6 Å². The molecule has 2 aromatic rings. The topological polar surface area (TPSA) is 35.2 Å². The Hall–Kier alpha value is -2.15. The standard InChI is InChI=1S/C14H10F5NO/c15-10-2-3-12(16)11(6-10)8-1-4-13(9(5-8)7-20)21-14(17,18)19/h1-6H,7,20H2. The van der Waals surface area contributed by atoms with Crippen molar-refractivity contribution in [2.24, 2.45) is 5.73 Å². The van der Waals surface area contributed by atoms with Gasteiger partial charge in [0, 0.05) is 17.7 Å². The molecule has 0 radical (unpaired) electrons. The van der Waals surface area contributed by atoms with Gasteiger partial charge in [0.1, 0.15) is 17.4 Å². The highest BCUT2D eigenvalue weighted by Crippen LogP contribution is 2.31. The molecule has 0 unspecified atom stereocenters. The summed E-state index contributed by atoms with van der Waals surface area (Å²) in [6.07, 6.45) is -4.85. The Morgan fingerprint density at radius 3 is 2.33 bits per heavy atom. The summed E-state index contributed by atoms with van der Waals surface area (Å²) in [5, 5.41) is 0. The van der Waals surface area contributed by atoms with E-state index >= 15 is 0 Å². The Bertz CT molecular complexity index is 654. The minimum Gasteiger partial charge on any atom is -0.405 e.